The van der Waals surface area contributed by atoms with Crippen molar-refractivity contribution >= 4 is 51.9 Å². The fraction of sp³-hybridized carbons (Fsp3) is 0.911. The molecule has 0 saturated carbocycles. The molecule has 0 aliphatic heterocycles. The smallest absolute Gasteiger partial charge is 0.379 e. The Hall–Kier alpha value is -0.693. The minimum Gasteiger partial charge on any atom is -0.379 e. The van der Waals surface area contributed by atoms with Gasteiger partial charge in [0.15, 0.2) is 4.34 Å². The van der Waals surface area contributed by atoms with Crippen molar-refractivity contribution in [2.45, 2.75) is 249 Å². The predicted molar refractivity (Wildman–Crippen MR) is 423 cm³/mol. The van der Waals surface area contributed by atoms with Crippen LogP contribution in [0.3, 0.4) is 0 Å². The van der Waals surface area contributed by atoms with Crippen molar-refractivity contribution in [2.24, 2.45) is 0 Å². The van der Waals surface area contributed by atoms with Crippen LogP contribution in [0.2, 0.25) is 6.04 Å². The maximum atomic E-state index is 6.65. The first kappa shape index (κ1) is 97.4. The van der Waals surface area contributed by atoms with Gasteiger partial charge in [-0.05, 0) is 48.6 Å². The molecule has 102 heavy (non-hydrogen) atoms. The molecule has 1 aromatic carbocycles. The van der Waals surface area contributed by atoms with Gasteiger partial charge in [0.2, 0.25) is 0 Å². The van der Waals surface area contributed by atoms with E-state index in [0.29, 0.717) is 204 Å². The third-order valence-corrected chi connectivity index (χ3v) is 23.6. The number of unbranched alkanes of at least 4 members (excludes halogenated alkanes) is 30. The average Bonchev–Trinajstić information content (AvgIpc) is 1.70. The molecule has 19 nitrogen and oxygen atoms in total. The lowest BCUT2D eigenvalue weighted by molar-refractivity contribution is -0.0284. The summed E-state index contributed by atoms with van der Waals surface area (Å²) < 4.78 is 109. The summed E-state index contributed by atoms with van der Waals surface area (Å²) in [5.74, 6) is 0.850. The summed E-state index contributed by atoms with van der Waals surface area (Å²) in [7, 11) is 0.188. The van der Waals surface area contributed by atoms with E-state index in [-0.39, 0.29) is 0 Å². The average molecular weight is 1530 g/mol. The molecule has 0 unspecified atom stereocenters. The normalized spacial score (nSPS) is 12.0. The summed E-state index contributed by atoms with van der Waals surface area (Å²) in [5.41, 5.74) is 1.02. The largest absolute Gasteiger partial charge is 0.501 e. The van der Waals surface area contributed by atoms with E-state index in [1.54, 1.807) is 32.9 Å². The van der Waals surface area contributed by atoms with Gasteiger partial charge in [-0.3, -0.25) is 0 Å². The summed E-state index contributed by atoms with van der Waals surface area (Å²) in [6.45, 7) is 23.3. The van der Waals surface area contributed by atoms with E-state index in [1.165, 1.54) is 197 Å². The summed E-state index contributed by atoms with van der Waals surface area (Å²) in [6.07, 6.45) is 44.9. The van der Waals surface area contributed by atoms with Crippen LogP contribution in [-0.2, 0) is 84.3 Å². The fourth-order valence-electron chi connectivity index (χ4n) is 11.0. The first-order valence-electron chi connectivity index (χ1n) is 41.0. The number of thiazole rings is 1. The zero-order chi connectivity index (χ0) is 72.4. The minimum absolute atomic E-state index is 0.293. The third-order valence-electron chi connectivity index (χ3n) is 16.9. The maximum absolute atomic E-state index is 6.65. The van der Waals surface area contributed by atoms with Gasteiger partial charge in [0.1, 0.15) is 0 Å². The van der Waals surface area contributed by atoms with Crippen LogP contribution in [0.25, 0.3) is 10.2 Å². The van der Waals surface area contributed by atoms with Gasteiger partial charge in [0, 0.05) is 31.6 Å². The Kier molecular flexibility index (Phi) is 79.0. The monoisotopic (exact) mass is 1530 g/mol. The number of aromatic nitrogens is 1. The van der Waals surface area contributed by atoms with Gasteiger partial charge in [-0.25, -0.2) is 4.98 Å². The van der Waals surface area contributed by atoms with Crippen molar-refractivity contribution in [2.75, 3.05) is 224 Å². The van der Waals surface area contributed by atoms with Crippen molar-refractivity contribution in [3.05, 3.63) is 24.3 Å². The third kappa shape index (κ3) is 69.7. The molecule has 0 fully saturated rings. The van der Waals surface area contributed by atoms with E-state index in [9.17, 15) is 0 Å². The highest BCUT2D eigenvalue weighted by Crippen LogP contribution is 2.37. The Morgan fingerprint density at radius 1 is 0.265 bits per heavy atom. The highest BCUT2D eigenvalue weighted by Gasteiger charge is 2.41. The Morgan fingerprint density at radius 3 is 0.745 bits per heavy atom. The van der Waals surface area contributed by atoms with Gasteiger partial charge in [0.05, 0.1) is 208 Å². The van der Waals surface area contributed by atoms with Crippen LogP contribution in [-0.4, -0.2) is 238 Å². The number of ether oxygens (including phenoxy) is 15. The van der Waals surface area contributed by atoms with E-state index in [1.807, 2.05) is 6.07 Å². The highest BCUT2D eigenvalue weighted by atomic mass is 33.1. The summed E-state index contributed by atoms with van der Waals surface area (Å²) in [6, 6.07) is 8.85. The topological polar surface area (TPSA) is 179 Å². The molecular formula is C79H151NO18S3Si. The fourth-order valence-corrected chi connectivity index (χ4v) is 17.2. The van der Waals surface area contributed by atoms with Crippen LogP contribution in [0, 0.1) is 0 Å². The number of benzene rings is 1. The van der Waals surface area contributed by atoms with Crippen LogP contribution in [0.1, 0.15) is 239 Å². The number of rotatable bonds is 90. The van der Waals surface area contributed by atoms with E-state index < -0.39 is 8.80 Å². The highest BCUT2D eigenvalue weighted by molar-refractivity contribution is 8.77. The number of fused-ring (bicyclic) bond motifs is 1. The lowest BCUT2D eigenvalue weighted by Crippen LogP contribution is -2.48. The Balaban J connectivity index is 1.70. The van der Waals surface area contributed by atoms with Gasteiger partial charge < -0.3 is 84.3 Å². The molecule has 0 radical (unpaired) electrons. The van der Waals surface area contributed by atoms with Crippen molar-refractivity contribution in [3.8, 4) is 0 Å². The van der Waals surface area contributed by atoms with Crippen LogP contribution in [0.15, 0.2) is 28.6 Å². The molecule has 0 bridgehead atoms. The van der Waals surface area contributed by atoms with Gasteiger partial charge in [-0.1, -0.05) is 236 Å². The van der Waals surface area contributed by atoms with Crippen molar-refractivity contribution in [3.63, 3.8) is 0 Å². The molecule has 2 aromatic rings. The van der Waals surface area contributed by atoms with E-state index in [0.717, 1.165) is 61.1 Å². The first-order chi connectivity index (χ1) is 50.7. The molecule has 0 amide bonds. The zero-order valence-corrected chi connectivity index (χ0v) is 68.6. The summed E-state index contributed by atoms with van der Waals surface area (Å²) in [5, 5.41) is 0. The quantitative estimate of drug-likeness (QED) is 0.0346. The van der Waals surface area contributed by atoms with Crippen molar-refractivity contribution < 1.29 is 84.3 Å². The van der Waals surface area contributed by atoms with Crippen LogP contribution in [0.5, 0.6) is 0 Å². The second kappa shape index (κ2) is 82.8. The van der Waals surface area contributed by atoms with Gasteiger partial charge in [-0.2, -0.15) is 0 Å². The Bertz CT molecular complexity index is 1740. The van der Waals surface area contributed by atoms with Gasteiger partial charge in [0.25, 0.3) is 0 Å². The summed E-state index contributed by atoms with van der Waals surface area (Å²) >= 11 is 1.71. The minimum atomic E-state index is -3.29. The molecule has 0 spiro atoms. The lowest BCUT2D eigenvalue weighted by Gasteiger charge is -2.30. The van der Waals surface area contributed by atoms with E-state index in [2.05, 4.69) is 39.0 Å². The molecule has 23 heteroatoms. The number of para-hydroxylation sites is 1. The molecule has 0 aliphatic carbocycles. The van der Waals surface area contributed by atoms with Crippen molar-refractivity contribution in [1.29, 1.82) is 0 Å². The second-order valence-electron chi connectivity index (χ2n) is 26.0. The van der Waals surface area contributed by atoms with Crippen LogP contribution >= 0.6 is 32.9 Å². The Morgan fingerprint density at radius 2 is 0.490 bits per heavy atom. The molecule has 2 rings (SSSR count). The molecular weight excluding hydrogens is 1380 g/mol. The first-order valence-corrected chi connectivity index (χ1v) is 46.0. The Labute approximate surface area is 635 Å². The van der Waals surface area contributed by atoms with Crippen LogP contribution in [0.4, 0.5) is 0 Å². The molecule has 0 N–H and O–H groups in total. The molecule has 0 atom stereocenters. The van der Waals surface area contributed by atoms with E-state index >= 15 is 0 Å². The number of hydrogen-bond acceptors (Lipinski definition) is 22. The number of hydrogen-bond donors (Lipinski definition) is 0. The van der Waals surface area contributed by atoms with Gasteiger partial charge >= 0.3 is 8.80 Å². The predicted octanol–water partition coefficient (Wildman–Crippen LogP) is 18.6. The standard InChI is InChI=1S/C79H151NO18S3Si/c1-4-7-10-13-16-19-22-25-28-31-36-42-81-45-48-84-51-54-87-57-60-90-63-66-93-69-72-96-102(76-39-75-99-101-79-80-77-40-34-35-41-78(77)100-79,97-73-70-94-67-64-91-61-58-88-55-52-85-49-46-82-43-37-32-29-26-23-20-17-14-11-8-5-2)98-74-71-95-68-65-92-62-59-89-56-53-86-50-47-83-44-38-33-30-27-24-21-18-15-12-9-6-3/h34-35,40-41H,4-33,36-39,42-76H2,1-3H3. The molecule has 0 saturated heterocycles. The van der Waals surface area contributed by atoms with Gasteiger partial charge in [-0.15, -0.1) is 11.3 Å². The number of nitrogens with zero attached hydrogens (tertiary/aromatic N) is 1. The molecule has 602 valence electrons. The molecule has 1 aromatic heterocycles. The lowest BCUT2D eigenvalue weighted by atomic mass is 10.1. The van der Waals surface area contributed by atoms with E-state index in [4.69, 9.17) is 89.3 Å². The molecule has 0 aliphatic rings. The van der Waals surface area contributed by atoms with Crippen LogP contribution < -0.4 is 0 Å². The second-order valence-corrected chi connectivity index (χ2v) is 32.4. The SMILES string of the molecule is CCCCCCCCCCCCCOCCOCCOCCOCCOCCO[Si](CCCSSc1nc2ccccc2s1)(OCCOCCOCCOCCOCCOCCCCCCCCCCCCC)OCCOCCOCCOCCOCCOCCCCCCCCCCCCC. The maximum Gasteiger partial charge on any atom is 0.501 e. The molecule has 1 heterocycles. The van der Waals surface area contributed by atoms with Crippen molar-refractivity contribution in [1.82, 2.24) is 4.98 Å². The zero-order valence-electron chi connectivity index (χ0n) is 65.1. The summed E-state index contributed by atoms with van der Waals surface area (Å²) in [4.78, 5) is 4.81.